The first kappa shape index (κ1) is 16.3. The normalized spacial score (nSPS) is 22.2. The summed E-state index contributed by atoms with van der Waals surface area (Å²) in [5.41, 5.74) is 5.54. The van der Waals surface area contributed by atoms with E-state index in [1.807, 2.05) is 0 Å². The van der Waals surface area contributed by atoms with E-state index in [0.29, 0.717) is 12.2 Å². The van der Waals surface area contributed by atoms with Crippen LogP contribution in [0.15, 0.2) is 23.2 Å². The van der Waals surface area contributed by atoms with Gasteiger partial charge < -0.3 is 9.05 Å². The van der Waals surface area contributed by atoms with Crippen molar-refractivity contribution in [2.24, 2.45) is 0 Å². The van der Waals surface area contributed by atoms with Crippen LogP contribution in [-0.2, 0) is 0 Å². The number of hydrogen-bond acceptors (Lipinski definition) is 2. The van der Waals surface area contributed by atoms with Crippen LogP contribution in [0.3, 0.4) is 0 Å². The van der Waals surface area contributed by atoms with Crippen molar-refractivity contribution in [2.45, 2.75) is 65.6 Å². The summed E-state index contributed by atoms with van der Waals surface area (Å²) in [4.78, 5) is 0. The second kappa shape index (κ2) is 6.93. The van der Waals surface area contributed by atoms with Gasteiger partial charge in [0.1, 0.15) is 0 Å². The first-order valence-corrected chi connectivity index (χ1v) is 11.0. The van der Waals surface area contributed by atoms with Crippen molar-refractivity contribution in [3.8, 4) is 0 Å². The minimum Gasteiger partial charge on any atom is -0.329 e. The molecule has 2 aromatic rings. The van der Waals surface area contributed by atoms with Gasteiger partial charge in [0.15, 0.2) is 0 Å². The van der Waals surface area contributed by atoms with Gasteiger partial charge in [0.05, 0.1) is 12.2 Å². The van der Waals surface area contributed by atoms with Gasteiger partial charge in [0.25, 0.3) is 0 Å². The van der Waals surface area contributed by atoms with Crippen LogP contribution in [-0.4, -0.2) is 12.2 Å². The molecular formula is C18H26O2P2. The lowest BCUT2D eigenvalue weighted by Gasteiger charge is -2.28. The second-order valence-corrected chi connectivity index (χ2v) is 9.47. The Balaban J connectivity index is 1.49. The van der Waals surface area contributed by atoms with Crippen molar-refractivity contribution in [1.82, 2.24) is 0 Å². The van der Waals surface area contributed by atoms with E-state index in [1.165, 1.54) is 22.3 Å². The van der Waals surface area contributed by atoms with E-state index in [0.717, 1.165) is 25.7 Å². The Morgan fingerprint density at radius 1 is 0.636 bits per heavy atom. The van der Waals surface area contributed by atoms with Gasteiger partial charge in [-0.15, -0.1) is 0 Å². The summed E-state index contributed by atoms with van der Waals surface area (Å²) in [5.74, 6) is 9.21. The summed E-state index contributed by atoms with van der Waals surface area (Å²) in [7, 11) is -0.931. The Labute approximate surface area is 136 Å². The Hall–Kier alpha value is -0.520. The summed E-state index contributed by atoms with van der Waals surface area (Å²) in [5, 5.41) is 0. The van der Waals surface area contributed by atoms with E-state index >= 15 is 0 Å². The Bertz CT molecular complexity index is 538. The molecule has 0 spiro atoms. The number of rotatable bonds is 4. The molecule has 1 aliphatic rings. The Morgan fingerprint density at radius 3 is 1.18 bits per heavy atom. The molecule has 2 aromatic heterocycles. The molecule has 2 heterocycles. The molecule has 4 heteroatoms. The molecule has 0 saturated heterocycles. The lowest BCUT2D eigenvalue weighted by molar-refractivity contribution is 0.139. The maximum atomic E-state index is 6.28. The van der Waals surface area contributed by atoms with Crippen molar-refractivity contribution < 1.29 is 9.05 Å². The zero-order valence-electron chi connectivity index (χ0n) is 14.0. The molecule has 3 rings (SSSR count). The largest absolute Gasteiger partial charge is 0.329 e. The molecule has 1 saturated carbocycles. The van der Waals surface area contributed by atoms with Crippen molar-refractivity contribution in [3.63, 3.8) is 0 Å². The molecule has 0 radical (unpaired) electrons. The fourth-order valence-corrected chi connectivity index (χ4v) is 6.80. The van der Waals surface area contributed by atoms with E-state index < -0.39 is 15.5 Å². The summed E-state index contributed by atoms with van der Waals surface area (Å²) in [6.45, 7) is 8.71. The monoisotopic (exact) mass is 336 g/mol. The van der Waals surface area contributed by atoms with Gasteiger partial charge >= 0.3 is 0 Å². The molecule has 0 bridgehead atoms. The molecule has 0 amide bonds. The van der Waals surface area contributed by atoms with Gasteiger partial charge in [0.2, 0.25) is 0 Å². The number of aryl methyl sites for hydroxylation is 4. The first-order valence-electron chi connectivity index (χ1n) is 8.16. The van der Waals surface area contributed by atoms with E-state index in [-0.39, 0.29) is 0 Å². The minimum absolute atomic E-state index is 0.420. The van der Waals surface area contributed by atoms with Gasteiger partial charge in [-0.05, 0) is 98.8 Å². The van der Waals surface area contributed by atoms with Crippen molar-refractivity contribution in [3.05, 3.63) is 45.4 Å². The smallest absolute Gasteiger partial charge is 0.0680 e. The molecule has 1 aliphatic carbocycles. The van der Waals surface area contributed by atoms with Crippen LogP contribution >= 0.6 is 15.5 Å². The summed E-state index contributed by atoms with van der Waals surface area (Å²) < 4.78 is 12.6. The third kappa shape index (κ3) is 3.87. The predicted octanol–water partition coefficient (Wildman–Crippen LogP) is 5.76. The maximum Gasteiger partial charge on any atom is 0.0680 e. The molecule has 2 nitrogen and oxygen atoms in total. The molecule has 22 heavy (non-hydrogen) atoms. The van der Waals surface area contributed by atoms with E-state index in [2.05, 4.69) is 50.9 Å². The van der Waals surface area contributed by atoms with Gasteiger partial charge in [-0.25, -0.2) is 0 Å². The topological polar surface area (TPSA) is 18.5 Å². The highest BCUT2D eigenvalue weighted by Crippen LogP contribution is 2.37. The summed E-state index contributed by atoms with van der Waals surface area (Å²) in [6.07, 6.45) is 5.39. The third-order valence-corrected chi connectivity index (χ3v) is 8.34. The fraction of sp³-hybridized carbons (Fsp3) is 0.556. The molecule has 0 aliphatic heterocycles. The predicted molar refractivity (Wildman–Crippen MR) is 96.5 cm³/mol. The van der Waals surface area contributed by atoms with Crippen LogP contribution in [0.5, 0.6) is 0 Å². The first-order chi connectivity index (χ1) is 10.5. The Morgan fingerprint density at radius 2 is 0.909 bits per heavy atom. The molecule has 0 aromatic carbocycles. The number of hydrogen-bond donors (Lipinski definition) is 0. The standard InChI is InChI=1S/C18H26O2P2/c1-13-9-21(10-14(13)2)19-17-5-7-18(8-6-17)20-22-11-15(3)16(4)12-22/h9-12,17-18H,5-8H2,1-4H3. The van der Waals surface area contributed by atoms with Crippen LogP contribution in [0.25, 0.3) is 0 Å². The van der Waals surface area contributed by atoms with Crippen LogP contribution in [0.1, 0.15) is 47.9 Å². The highest BCUT2D eigenvalue weighted by molar-refractivity contribution is 7.44. The quantitative estimate of drug-likeness (QED) is 0.706. The minimum atomic E-state index is -0.466. The zero-order valence-corrected chi connectivity index (χ0v) is 15.8. The van der Waals surface area contributed by atoms with E-state index in [4.69, 9.17) is 9.05 Å². The van der Waals surface area contributed by atoms with E-state index in [9.17, 15) is 0 Å². The molecule has 1 fully saturated rings. The zero-order chi connectivity index (χ0) is 15.7. The van der Waals surface area contributed by atoms with Crippen molar-refractivity contribution in [1.29, 1.82) is 0 Å². The van der Waals surface area contributed by atoms with Crippen LogP contribution in [0.2, 0.25) is 0 Å². The highest BCUT2D eigenvalue weighted by Gasteiger charge is 2.23. The average Bonchev–Trinajstić information content (AvgIpc) is 2.95. The Kier molecular flexibility index (Phi) is 5.15. The van der Waals surface area contributed by atoms with Crippen LogP contribution < -0.4 is 9.05 Å². The van der Waals surface area contributed by atoms with E-state index in [1.54, 1.807) is 0 Å². The molecule has 0 unspecified atom stereocenters. The third-order valence-electron chi connectivity index (χ3n) is 4.69. The van der Waals surface area contributed by atoms with Crippen molar-refractivity contribution >= 4 is 15.5 Å². The summed E-state index contributed by atoms with van der Waals surface area (Å²) >= 11 is 0. The van der Waals surface area contributed by atoms with Gasteiger partial charge in [0, 0.05) is 15.5 Å². The van der Waals surface area contributed by atoms with Gasteiger partial charge in [-0.1, -0.05) is 0 Å². The average molecular weight is 336 g/mol. The lowest BCUT2D eigenvalue weighted by atomic mass is 9.95. The lowest BCUT2D eigenvalue weighted by Crippen LogP contribution is -2.28. The van der Waals surface area contributed by atoms with Crippen LogP contribution in [0.4, 0.5) is 0 Å². The van der Waals surface area contributed by atoms with Crippen LogP contribution in [0, 0.1) is 27.7 Å². The van der Waals surface area contributed by atoms with Gasteiger partial charge in [-0.2, -0.15) is 0 Å². The second-order valence-electron chi connectivity index (χ2n) is 6.58. The maximum absolute atomic E-state index is 6.28. The van der Waals surface area contributed by atoms with Crippen molar-refractivity contribution in [2.75, 3.05) is 0 Å². The SMILES string of the molecule is Cc1cp(OC2CCC(Op3cc(C)c(C)c3)CC2)cc1C. The molecule has 120 valence electrons. The molecule has 0 atom stereocenters. The summed E-state index contributed by atoms with van der Waals surface area (Å²) in [6, 6.07) is 0. The molecular weight excluding hydrogens is 310 g/mol. The van der Waals surface area contributed by atoms with Gasteiger partial charge in [-0.3, -0.25) is 0 Å². The fourth-order valence-electron chi connectivity index (χ4n) is 2.95. The molecule has 0 N–H and O–H groups in total. The highest BCUT2D eigenvalue weighted by atomic mass is 31.1.